The quantitative estimate of drug-likeness (QED) is 0.590. The van der Waals surface area contributed by atoms with Gasteiger partial charge in [0.05, 0.1) is 17.5 Å². The molecule has 0 spiro atoms. The maximum absolute atomic E-state index is 12.6. The maximum Gasteiger partial charge on any atom is 0.238 e. The first kappa shape index (κ1) is 11.4. The van der Waals surface area contributed by atoms with Crippen LogP contribution in [0, 0.1) is 23.7 Å². The molecule has 4 rings (SSSR count). The molecule has 0 aromatic heterocycles. The predicted molar refractivity (Wildman–Crippen MR) is 74.4 cm³/mol. The van der Waals surface area contributed by atoms with E-state index < -0.39 is 0 Å². The number of para-hydroxylation sites is 1. The molecule has 0 radical (unpaired) electrons. The van der Waals surface area contributed by atoms with Crippen LogP contribution in [0.1, 0.15) is 6.42 Å². The highest BCUT2D eigenvalue weighted by atomic mass is 79.9. The summed E-state index contributed by atoms with van der Waals surface area (Å²) < 4.78 is 0.789. The Morgan fingerprint density at radius 3 is 2.16 bits per heavy atom. The fraction of sp³-hybridized carbons (Fsp3) is 0.333. The molecule has 1 heterocycles. The Balaban J connectivity index is 1.79. The average Bonchev–Trinajstić information content (AvgIpc) is 3.06. The van der Waals surface area contributed by atoms with Crippen LogP contribution < -0.4 is 4.90 Å². The van der Waals surface area contributed by atoms with Gasteiger partial charge in [-0.25, -0.2) is 4.90 Å². The number of fused-ring (bicyclic) bond motifs is 5. The Hall–Kier alpha value is -1.42. The number of carbonyl (C=O) groups is 2. The first-order valence-electron chi connectivity index (χ1n) is 6.49. The van der Waals surface area contributed by atoms with E-state index in [9.17, 15) is 9.59 Å². The molecule has 4 heteroatoms. The third kappa shape index (κ3) is 1.38. The van der Waals surface area contributed by atoms with Gasteiger partial charge in [-0.3, -0.25) is 9.59 Å². The lowest BCUT2D eigenvalue weighted by Crippen LogP contribution is -2.33. The summed E-state index contributed by atoms with van der Waals surface area (Å²) in [7, 11) is 0. The Bertz CT molecular complexity index is 594. The lowest BCUT2D eigenvalue weighted by Gasteiger charge is -2.18. The number of rotatable bonds is 1. The molecule has 2 amide bonds. The summed E-state index contributed by atoms with van der Waals surface area (Å²) in [6.45, 7) is 0. The first-order valence-corrected chi connectivity index (χ1v) is 7.28. The third-order valence-corrected chi connectivity index (χ3v) is 5.23. The van der Waals surface area contributed by atoms with Crippen molar-refractivity contribution in [1.82, 2.24) is 0 Å². The lowest BCUT2D eigenvalue weighted by atomic mass is 9.85. The van der Waals surface area contributed by atoms with Gasteiger partial charge in [0.15, 0.2) is 0 Å². The van der Waals surface area contributed by atoms with Gasteiger partial charge in [0.25, 0.3) is 0 Å². The van der Waals surface area contributed by atoms with Crippen LogP contribution >= 0.6 is 15.9 Å². The fourth-order valence-electron chi connectivity index (χ4n) is 3.77. The average molecular weight is 318 g/mol. The van der Waals surface area contributed by atoms with Crippen LogP contribution in [0.5, 0.6) is 0 Å². The molecule has 0 unspecified atom stereocenters. The summed E-state index contributed by atoms with van der Waals surface area (Å²) in [5.41, 5.74) is 0.673. The Morgan fingerprint density at radius 2 is 1.58 bits per heavy atom. The van der Waals surface area contributed by atoms with E-state index in [1.807, 2.05) is 24.3 Å². The summed E-state index contributed by atoms with van der Waals surface area (Å²) >= 11 is 3.43. The number of halogens is 1. The van der Waals surface area contributed by atoms with Crippen LogP contribution in [0.15, 0.2) is 40.9 Å². The van der Waals surface area contributed by atoms with Crippen molar-refractivity contribution in [3.05, 3.63) is 40.9 Å². The minimum atomic E-state index is -0.130. The predicted octanol–water partition coefficient (Wildman–Crippen LogP) is 2.76. The van der Waals surface area contributed by atoms with Gasteiger partial charge in [0.2, 0.25) is 11.8 Å². The lowest BCUT2D eigenvalue weighted by molar-refractivity contribution is -0.123. The molecule has 1 aliphatic heterocycles. The van der Waals surface area contributed by atoms with E-state index in [-0.39, 0.29) is 35.5 Å². The molecule has 0 N–H and O–H groups in total. The number of hydrogen-bond donors (Lipinski definition) is 0. The Kier molecular flexibility index (Phi) is 2.28. The summed E-state index contributed by atoms with van der Waals surface area (Å²) in [6, 6.07) is 7.40. The first-order chi connectivity index (χ1) is 9.18. The van der Waals surface area contributed by atoms with Crippen LogP contribution in [0.3, 0.4) is 0 Å². The summed E-state index contributed by atoms with van der Waals surface area (Å²) in [5.74, 6) is 0.208. The van der Waals surface area contributed by atoms with Gasteiger partial charge in [-0.15, -0.1) is 0 Å². The maximum atomic E-state index is 12.6. The van der Waals surface area contributed by atoms with E-state index in [0.29, 0.717) is 5.69 Å². The number of allylic oxidation sites excluding steroid dienone is 2. The number of imide groups is 1. The number of hydrogen-bond acceptors (Lipinski definition) is 2. The molecule has 1 aromatic rings. The molecule has 1 aromatic carbocycles. The van der Waals surface area contributed by atoms with Crippen molar-refractivity contribution in [3.63, 3.8) is 0 Å². The highest BCUT2D eigenvalue weighted by molar-refractivity contribution is 9.10. The van der Waals surface area contributed by atoms with Crippen molar-refractivity contribution in [1.29, 1.82) is 0 Å². The fourth-order valence-corrected chi connectivity index (χ4v) is 4.23. The van der Waals surface area contributed by atoms with E-state index >= 15 is 0 Å². The standard InChI is InChI=1S/C15H12BrNO2/c16-10-3-1-2-4-11(10)17-14(18)12-8-5-6-9(7-8)13(12)15(17)19/h1-6,8-9,12-13H,7H2/t8-,9-,12-,13+/m0/s1. The van der Waals surface area contributed by atoms with Gasteiger partial charge in [-0.1, -0.05) is 24.3 Å². The Labute approximate surface area is 119 Å². The minimum Gasteiger partial charge on any atom is -0.274 e. The number of carbonyl (C=O) groups excluding carboxylic acids is 2. The summed E-state index contributed by atoms with van der Waals surface area (Å²) in [6.07, 6.45) is 5.19. The highest BCUT2D eigenvalue weighted by Gasteiger charge is 2.59. The van der Waals surface area contributed by atoms with Gasteiger partial charge >= 0.3 is 0 Å². The van der Waals surface area contributed by atoms with Gasteiger partial charge in [0.1, 0.15) is 0 Å². The van der Waals surface area contributed by atoms with Crippen molar-refractivity contribution in [2.24, 2.45) is 23.7 Å². The third-order valence-electron chi connectivity index (χ3n) is 4.56. The molecule has 2 fully saturated rings. The van der Waals surface area contributed by atoms with E-state index in [4.69, 9.17) is 0 Å². The molecule has 4 atom stereocenters. The SMILES string of the molecule is O=C1[C@@H]2[C@H](C(=O)N1c1ccccc1Br)[C@H]1C=C[C@H]2C1. The molecular formula is C15H12BrNO2. The number of amides is 2. The molecule has 3 aliphatic rings. The van der Waals surface area contributed by atoms with Crippen LogP contribution in [0.4, 0.5) is 5.69 Å². The monoisotopic (exact) mass is 317 g/mol. The molecule has 2 bridgehead atoms. The normalized spacial score (nSPS) is 35.3. The molecule has 1 saturated carbocycles. The topological polar surface area (TPSA) is 37.4 Å². The van der Waals surface area contributed by atoms with Crippen LogP contribution in [0.2, 0.25) is 0 Å². The molecule has 19 heavy (non-hydrogen) atoms. The van der Waals surface area contributed by atoms with Crippen LogP contribution in [-0.2, 0) is 9.59 Å². The van der Waals surface area contributed by atoms with Crippen LogP contribution in [0.25, 0.3) is 0 Å². The smallest absolute Gasteiger partial charge is 0.238 e. The van der Waals surface area contributed by atoms with Crippen molar-refractivity contribution < 1.29 is 9.59 Å². The van der Waals surface area contributed by atoms with Gasteiger partial charge < -0.3 is 0 Å². The zero-order chi connectivity index (χ0) is 13.1. The molecule has 1 saturated heterocycles. The number of nitrogens with zero attached hydrogens (tertiary/aromatic N) is 1. The summed E-state index contributed by atoms with van der Waals surface area (Å²) in [5, 5.41) is 0. The van der Waals surface area contributed by atoms with Crippen molar-refractivity contribution in [2.45, 2.75) is 6.42 Å². The molecular weight excluding hydrogens is 306 g/mol. The number of benzene rings is 1. The van der Waals surface area contributed by atoms with E-state index in [1.165, 1.54) is 4.90 Å². The molecule has 2 aliphatic carbocycles. The second kappa shape index (κ2) is 3.79. The van der Waals surface area contributed by atoms with E-state index in [0.717, 1.165) is 10.9 Å². The van der Waals surface area contributed by atoms with Gasteiger partial charge in [0, 0.05) is 4.47 Å². The molecule has 3 nitrogen and oxygen atoms in total. The largest absolute Gasteiger partial charge is 0.274 e. The minimum absolute atomic E-state index is 0.0289. The van der Waals surface area contributed by atoms with Crippen molar-refractivity contribution in [2.75, 3.05) is 4.90 Å². The van der Waals surface area contributed by atoms with Gasteiger partial charge in [-0.2, -0.15) is 0 Å². The van der Waals surface area contributed by atoms with E-state index in [1.54, 1.807) is 0 Å². The highest BCUT2D eigenvalue weighted by Crippen LogP contribution is 2.53. The second-order valence-electron chi connectivity index (χ2n) is 5.46. The van der Waals surface area contributed by atoms with Crippen molar-refractivity contribution in [3.8, 4) is 0 Å². The zero-order valence-corrected chi connectivity index (χ0v) is 11.7. The second-order valence-corrected chi connectivity index (χ2v) is 6.32. The van der Waals surface area contributed by atoms with Crippen molar-refractivity contribution >= 4 is 33.4 Å². The van der Waals surface area contributed by atoms with E-state index in [2.05, 4.69) is 28.1 Å². The van der Waals surface area contributed by atoms with Crippen LogP contribution in [-0.4, -0.2) is 11.8 Å². The Morgan fingerprint density at radius 1 is 1.00 bits per heavy atom. The zero-order valence-electron chi connectivity index (χ0n) is 10.1. The summed E-state index contributed by atoms with van der Waals surface area (Å²) in [4.78, 5) is 26.6. The molecule has 96 valence electrons. The van der Waals surface area contributed by atoms with Gasteiger partial charge in [-0.05, 0) is 46.3 Å². The number of anilines is 1.